The lowest BCUT2D eigenvalue weighted by atomic mass is 9.82. The summed E-state index contributed by atoms with van der Waals surface area (Å²) in [5.41, 5.74) is -0.122. The number of hydrogen-bond acceptors (Lipinski definition) is 6. The van der Waals surface area contributed by atoms with Crippen molar-refractivity contribution >= 4 is 23.1 Å². The van der Waals surface area contributed by atoms with E-state index in [1.807, 2.05) is 0 Å². The van der Waals surface area contributed by atoms with Crippen molar-refractivity contribution in [3.63, 3.8) is 0 Å². The molecule has 0 aromatic carbocycles. The summed E-state index contributed by atoms with van der Waals surface area (Å²) in [6.07, 6.45) is 6.77. The molecule has 0 radical (unpaired) electrons. The number of hydrogen-bond donors (Lipinski definition) is 1. The molecule has 0 amide bonds. The van der Waals surface area contributed by atoms with Crippen molar-refractivity contribution in [2.45, 2.75) is 50.2 Å². The molecule has 2 atom stereocenters. The fourth-order valence-corrected chi connectivity index (χ4v) is 3.65. The molecule has 21 heavy (non-hydrogen) atoms. The van der Waals surface area contributed by atoms with Crippen LogP contribution in [-0.2, 0) is 0 Å². The fraction of sp³-hybridized carbons (Fsp3) is 0.692. The normalized spacial score (nSPS) is 29.1. The average Bonchev–Trinajstić information content (AvgIpc) is 2.39. The molecule has 2 aliphatic rings. The van der Waals surface area contributed by atoms with Crippen LogP contribution in [0.1, 0.15) is 32.1 Å². The Balaban J connectivity index is 1.78. The first kappa shape index (κ1) is 14.5. The van der Waals surface area contributed by atoms with E-state index >= 15 is 0 Å². The highest BCUT2D eigenvalue weighted by Crippen LogP contribution is 2.34. The molecule has 2 unspecified atom stereocenters. The second-order valence-corrected chi connectivity index (χ2v) is 6.18. The van der Waals surface area contributed by atoms with E-state index < -0.39 is 4.92 Å². The Morgan fingerprint density at radius 2 is 2.10 bits per heavy atom. The van der Waals surface area contributed by atoms with Crippen molar-refractivity contribution in [3.8, 4) is 0 Å². The standard InChI is InChI=1S/C13H18ClN5O2/c1-18-9-3-2-4-10(18)6-8(5-9)16-12-11(19(20)21)7-15-13(14)17-12/h7-10H,2-6H2,1H3,(H,15,16,17). The monoisotopic (exact) mass is 311 g/mol. The van der Waals surface area contributed by atoms with Gasteiger partial charge in [0.2, 0.25) is 11.1 Å². The van der Waals surface area contributed by atoms with Crippen LogP contribution in [0.5, 0.6) is 0 Å². The minimum Gasteiger partial charge on any atom is -0.361 e. The number of rotatable bonds is 3. The summed E-state index contributed by atoms with van der Waals surface area (Å²) < 4.78 is 0. The highest BCUT2D eigenvalue weighted by Gasteiger charge is 2.36. The Morgan fingerprint density at radius 1 is 1.43 bits per heavy atom. The lowest BCUT2D eigenvalue weighted by molar-refractivity contribution is -0.384. The Kier molecular flexibility index (Phi) is 3.95. The van der Waals surface area contributed by atoms with Crippen molar-refractivity contribution in [1.82, 2.24) is 14.9 Å². The minimum absolute atomic E-state index is 0.0243. The number of nitro groups is 1. The average molecular weight is 312 g/mol. The van der Waals surface area contributed by atoms with Crippen LogP contribution >= 0.6 is 11.6 Å². The smallest absolute Gasteiger partial charge is 0.329 e. The molecule has 2 bridgehead atoms. The number of anilines is 1. The molecule has 1 N–H and O–H groups in total. The predicted octanol–water partition coefficient (Wildman–Crippen LogP) is 2.47. The lowest BCUT2D eigenvalue weighted by Gasteiger charge is -2.47. The van der Waals surface area contributed by atoms with Crippen LogP contribution < -0.4 is 5.32 Å². The molecular formula is C13H18ClN5O2. The molecule has 7 nitrogen and oxygen atoms in total. The second kappa shape index (κ2) is 5.73. The van der Waals surface area contributed by atoms with Crippen LogP contribution in [0.25, 0.3) is 0 Å². The molecular weight excluding hydrogens is 294 g/mol. The molecule has 3 heterocycles. The molecule has 0 aliphatic carbocycles. The van der Waals surface area contributed by atoms with E-state index in [-0.39, 0.29) is 22.8 Å². The largest absolute Gasteiger partial charge is 0.361 e. The zero-order valence-electron chi connectivity index (χ0n) is 11.8. The summed E-state index contributed by atoms with van der Waals surface area (Å²) in [5.74, 6) is 0.229. The van der Waals surface area contributed by atoms with Gasteiger partial charge in [0.05, 0.1) is 4.92 Å². The van der Waals surface area contributed by atoms with Crippen molar-refractivity contribution in [2.75, 3.05) is 12.4 Å². The summed E-state index contributed by atoms with van der Waals surface area (Å²) in [6.45, 7) is 0. The SMILES string of the molecule is CN1C2CCCC1CC(Nc1nc(Cl)ncc1[N+](=O)[O-])C2. The molecule has 2 aliphatic heterocycles. The molecule has 1 aromatic heterocycles. The quantitative estimate of drug-likeness (QED) is 0.524. The molecule has 0 saturated carbocycles. The van der Waals surface area contributed by atoms with E-state index in [0.717, 1.165) is 19.0 Å². The number of piperidine rings is 2. The maximum Gasteiger partial charge on any atom is 0.329 e. The molecule has 0 spiro atoms. The third-order valence-electron chi connectivity index (χ3n) is 4.62. The molecule has 3 rings (SSSR count). The van der Waals surface area contributed by atoms with Gasteiger partial charge in [-0.25, -0.2) is 4.98 Å². The van der Waals surface area contributed by atoms with E-state index in [2.05, 4.69) is 27.2 Å². The van der Waals surface area contributed by atoms with Crippen LogP contribution in [-0.4, -0.2) is 45.0 Å². The number of nitrogens with zero attached hydrogens (tertiary/aromatic N) is 4. The number of nitrogens with one attached hydrogen (secondary N) is 1. The Bertz CT molecular complexity index is 541. The van der Waals surface area contributed by atoms with Gasteiger partial charge in [-0.1, -0.05) is 6.42 Å². The lowest BCUT2D eigenvalue weighted by Crippen LogP contribution is -2.52. The van der Waals surface area contributed by atoms with Gasteiger partial charge in [-0.05, 0) is 44.3 Å². The van der Waals surface area contributed by atoms with Gasteiger partial charge in [-0.15, -0.1) is 0 Å². The van der Waals surface area contributed by atoms with E-state index in [9.17, 15) is 10.1 Å². The van der Waals surface area contributed by atoms with Crippen molar-refractivity contribution in [3.05, 3.63) is 21.6 Å². The van der Waals surface area contributed by atoms with Gasteiger partial charge in [-0.2, -0.15) is 4.98 Å². The Labute approximate surface area is 127 Å². The van der Waals surface area contributed by atoms with Crippen LogP contribution in [0.3, 0.4) is 0 Å². The van der Waals surface area contributed by atoms with E-state index in [1.54, 1.807) is 0 Å². The van der Waals surface area contributed by atoms with Crippen molar-refractivity contribution < 1.29 is 4.92 Å². The maximum atomic E-state index is 11.1. The van der Waals surface area contributed by atoms with Gasteiger partial charge in [0.1, 0.15) is 6.20 Å². The zero-order valence-corrected chi connectivity index (χ0v) is 12.6. The molecule has 1 aromatic rings. The fourth-order valence-electron chi connectivity index (χ4n) is 3.52. The van der Waals surface area contributed by atoms with Crippen LogP contribution in [0.2, 0.25) is 5.28 Å². The summed E-state index contributed by atoms with van der Waals surface area (Å²) in [4.78, 5) is 20.7. The molecule has 2 saturated heterocycles. The van der Waals surface area contributed by atoms with E-state index in [0.29, 0.717) is 12.1 Å². The summed E-state index contributed by atoms with van der Waals surface area (Å²) in [5, 5.41) is 14.3. The summed E-state index contributed by atoms with van der Waals surface area (Å²) in [6, 6.07) is 1.29. The molecule has 114 valence electrons. The first-order valence-corrected chi connectivity index (χ1v) is 7.58. The Hall–Kier alpha value is -1.47. The van der Waals surface area contributed by atoms with Gasteiger partial charge in [0.25, 0.3) is 0 Å². The highest BCUT2D eigenvalue weighted by molar-refractivity contribution is 6.28. The van der Waals surface area contributed by atoms with Crippen molar-refractivity contribution in [2.24, 2.45) is 0 Å². The maximum absolute atomic E-state index is 11.1. The minimum atomic E-state index is -0.478. The second-order valence-electron chi connectivity index (χ2n) is 5.85. The Morgan fingerprint density at radius 3 is 2.71 bits per heavy atom. The summed E-state index contributed by atoms with van der Waals surface area (Å²) in [7, 11) is 2.18. The van der Waals surface area contributed by atoms with Crippen molar-refractivity contribution in [1.29, 1.82) is 0 Å². The van der Waals surface area contributed by atoms with Crippen LogP contribution in [0, 0.1) is 10.1 Å². The van der Waals surface area contributed by atoms with Gasteiger partial charge in [0.15, 0.2) is 0 Å². The zero-order chi connectivity index (χ0) is 15.0. The van der Waals surface area contributed by atoms with Crippen LogP contribution in [0.15, 0.2) is 6.20 Å². The highest BCUT2D eigenvalue weighted by atomic mass is 35.5. The topological polar surface area (TPSA) is 84.2 Å². The van der Waals surface area contributed by atoms with Gasteiger partial charge in [0, 0.05) is 18.1 Å². The number of halogens is 1. The molecule has 8 heteroatoms. The van der Waals surface area contributed by atoms with E-state index in [4.69, 9.17) is 11.6 Å². The first-order chi connectivity index (χ1) is 10.0. The van der Waals surface area contributed by atoms with Gasteiger partial charge >= 0.3 is 5.69 Å². The van der Waals surface area contributed by atoms with Gasteiger partial charge in [-0.3, -0.25) is 10.1 Å². The summed E-state index contributed by atoms with van der Waals surface area (Å²) >= 11 is 5.77. The predicted molar refractivity (Wildman–Crippen MR) is 79.5 cm³/mol. The molecule has 2 fully saturated rings. The van der Waals surface area contributed by atoms with Gasteiger partial charge < -0.3 is 10.2 Å². The first-order valence-electron chi connectivity index (χ1n) is 7.20. The van der Waals surface area contributed by atoms with Crippen LogP contribution in [0.4, 0.5) is 11.5 Å². The third-order valence-corrected chi connectivity index (χ3v) is 4.80. The van der Waals surface area contributed by atoms with E-state index in [1.165, 1.54) is 19.3 Å². The number of fused-ring (bicyclic) bond motifs is 2. The third kappa shape index (κ3) is 2.94. The number of aromatic nitrogens is 2.